The first-order valence-corrected chi connectivity index (χ1v) is 10.2. The monoisotopic (exact) mass is 416 g/mol. The number of nitrogens with zero attached hydrogens (tertiary/aromatic N) is 3. The van der Waals surface area contributed by atoms with Crippen LogP contribution in [0.15, 0.2) is 53.7 Å². The van der Waals surface area contributed by atoms with E-state index in [-0.39, 0.29) is 11.7 Å². The van der Waals surface area contributed by atoms with Gasteiger partial charge in [-0.25, -0.2) is 0 Å². The number of aromatic nitrogens is 3. The molecular formula is C20H21ClN4O2S. The van der Waals surface area contributed by atoms with E-state index in [1.807, 2.05) is 60.0 Å². The number of nitrogens with one attached hydrogen (secondary N) is 1. The molecule has 0 aliphatic rings. The summed E-state index contributed by atoms with van der Waals surface area (Å²) in [5.74, 6) is 1.74. The molecule has 0 saturated carbocycles. The number of hydrogen-bond acceptors (Lipinski definition) is 5. The Hall–Kier alpha value is -2.51. The van der Waals surface area contributed by atoms with Crippen molar-refractivity contribution in [2.24, 2.45) is 0 Å². The number of carbonyl (C=O) groups is 1. The van der Waals surface area contributed by atoms with Gasteiger partial charge in [0.05, 0.1) is 12.9 Å². The maximum Gasteiger partial charge on any atom is 0.230 e. The van der Waals surface area contributed by atoms with Gasteiger partial charge in [-0.05, 0) is 36.8 Å². The largest absolute Gasteiger partial charge is 0.497 e. The van der Waals surface area contributed by atoms with Crippen molar-refractivity contribution >= 4 is 29.3 Å². The van der Waals surface area contributed by atoms with E-state index in [1.165, 1.54) is 11.8 Å². The lowest BCUT2D eigenvalue weighted by atomic mass is 10.2. The van der Waals surface area contributed by atoms with Gasteiger partial charge in [0, 0.05) is 23.7 Å². The fourth-order valence-electron chi connectivity index (χ4n) is 2.65. The van der Waals surface area contributed by atoms with E-state index >= 15 is 0 Å². The zero-order valence-corrected chi connectivity index (χ0v) is 17.3. The molecule has 1 heterocycles. The highest BCUT2D eigenvalue weighted by Gasteiger charge is 2.14. The van der Waals surface area contributed by atoms with Gasteiger partial charge in [-0.2, -0.15) is 0 Å². The van der Waals surface area contributed by atoms with Crippen molar-refractivity contribution in [3.8, 4) is 17.1 Å². The van der Waals surface area contributed by atoms with Crippen molar-refractivity contribution in [3.63, 3.8) is 0 Å². The summed E-state index contributed by atoms with van der Waals surface area (Å²) in [6, 6.07) is 15.1. The van der Waals surface area contributed by atoms with Gasteiger partial charge in [0.25, 0.3) is 0 Å². The van der Waals surface area contributed by atoms with Crippen LogP contribution in [0.4, 0.5) is 0 Å². The summed E-state index contributed by atoms with van der Waals surface area (Å²) in [6.07, 6.45) is 0. The third-order valence-corrected chi connectivity index (χ3v) is 5.30. The second-order valence-electron chi connectivity index (χ2n) is 5.97. The van der Waals surface area contributed by atoms with E-state index in [1.54, 1.807) is 7.11 Å². The van der Waals surface area contributed by atoms with Crippen LogP contribution in [0.25, 0.3) is 11.4 Å². The van der Waals surface area contributed by atoms with Crippen molar-refractivity contribution in [3.05, 3.63) is 59.1 Å². The van der Waals surface area contributed by atoms with Crippen LogP contribution in [0.5, 0.6) is 5.75 Å². The van der Waals surface area contributed by atoms with E-state index < -0.39 is 0 Å². The van der Waals surface area contributed by atoms with Crippen LogP contribution in [-0.2, 0) is 17.9 Å². The van der Waals surface area contributed by atoms with Gasteiger partial charge in [-0.3, -0.25) is 4.79 Å². The average molecular weight is 417 g/mol. The van der Waals surface area contributed by atoms with Crippen LogP contribution < -0.4 is 10.1 Å². The van der Waals surface area contributed by atoms with Crippen LogP contribution in [0.2, 0.25) is 5.02 Å². The Kier molecular flexibility index (Phi) is 6.95. The summed E-state index contributed by atoms with van der Waals surface area (Å²) < 4.78 is 7.11. The number of ether oxygens (including phenoxy) is 1. The molecule has 1 amide bonds. The molecule has 0 radical (unpaired) electrons. The summed E-state index contributed by atoms with van der Waals surface area (Å²) in [4.78, 5) is 12.2. The Morgan fingerprint density at radius 3 is 2.68 bits per heavy atom. The molecule has 3 rings (SSSR count). The highest BCUT2D eigenvalue weighted by Crippen LogP contribution is 2.25. The van der Waals surface area contributed by atoms with Crippen LogP contribution in [0.1, 0.15) is 12.5 Å². The van der Waals surface area contributed by atoms with Crippen molar-refractivity contribution in [1.82, 2.24) is 20.1 Å². The Morgan fingerprint density at radius 1 is 1.21 bits per heavy atom. The molecule has 6 nitrogen and oxygen atoms in total. The fraction of sp³-hybridized carbons (Fsp3) is 0.250. The van der Waals surface area contributed by atoms with Crippen LogP contribution in [0, 0.1) is 0 Å². The Balaban J connectivity index is 1.58. The van der Waals surface area contributed by atoms with Crippen molar-refractivity contribution in [2.45, 2.75) is 25.2 Å². The molecule has 0 spiro atoms. The highest BCUT2D eigenvalue weighted by molar-refractivity contribution is 7.99. The molecular weight excluding hydrogens is 396 g/mol. The maximum atomic E-state index is 12.2. The number of carbonyl (C=O) groups excluding carboxylic acids is 1. The standard InChI is InChI=1S/C20H21ClN4O2S/c1-3-25-19(15-5-4-6-16(21)11-15)23-24-20(25)28-13-18(26)22-12-14-7-9-17(27-2)10-8-14/h4-11H,3,12-13H2,1-2H3,(H,22,26). The van der Waals surface area contributed by atoms with Crippen LogP contribution >= 0.6 is 23.4 Å². The predicted molar refractivity (Wildman–Crippen MR) is 112 cm³/mol. The molecule has 146 valence electrons. The van der Waals surface area contributed by atoms with Gasteiger partial charge in [0.1, 0.15) is 5.75 Å². The van der Waals surface area contributed by atoms with Crippen molar-refractivity contribution in [2.75, 3.05) is 12.9 Å². The normalized spacial score (nSPS) is 10.7. The number of methoxy groups -OCH3 is 1. The lowest BCUT2D eigenvalue weighted by molar-refractivity contribution is -0.118. The molecule has 0 unspecified atom stereocenters. The van der Waals surface area contributed by atoms with Gasteiger partial charge in [-0.1, -0.05) is 47.6 Å². The van der Waals surface area contributed by atoms with Gasteiger partial charge in [0.15, 0.2) is 11.0 Å². The first kappa shape index (κ1) is 20.2. The number of benzene rings is 2. The first-order valence-electron chi connectivity index (χ1n) is 8.82. The molecule has 0 aliphatic heterocycles. The second-order valence-corrected chi connectivity index (χ2v) is 7.35. The summed E-state index contributed by atoms with van der Waals surface area (Å²) in [7, 11) is 1.63. The average Bonchev–Trinajstić information content (AvgIpc) is 3.14. The fourth-order valence-corrected chi connectivity index (χ4v) is 3.67. The smallest absolute Gasteiger partial charge is 0.230 e. The minimum Gasteiger partial charge on any atom is -0.497 e. The number of amides is 1. The molecule has 1 N–H and O–H groups in total. The lowest BCUT2D eigenvalue weighted by Crippen LogP contribution is -2.24. The summed E-state index contributed by atoms with van der Waals surface area (Å²) in [5, 5.41) is 12.8. The third-order valence-electron chi connectivity index (χ3n) is 4.10. The molecule has 0 bridgehead atoms. The highest BCUT2D eigenvalue weighted by atomic mass is 35.5. The minimum atomic E-state index is -0.0595. The van der Waals surface area contributed by atoms with Crippen LogP contribution in [0.3, 0.4) is 0 Å². The number of hydrogen-bond donors (Lipinski definition) is 1. The predicted octanol–water partition coefficient (Wildman–Crippen LogP) is 4.04. The van der Waals surface area contributed by atoms with Gasteiger partial charge < -0.3 is 14.6 Å². The van der Waals surface area contributed by atoms with E-state index in [0.717, 1.165) is 22.7 Å². The maximum absolute atomic E-state index is 12.2. The zero-order valence-electron chi connectivity index (χ0n) is 15.7. The Labute approximate surface area is 173 Å². The van der Waals surface area contributed by atoms with Gasteiger partial charge in [-0.15, -0.1) is 10.2 Å². The number of halogens is 1. The molecule has 0 saturated heterocycles. The molecule has 0 atom stereocenters. The van der Waals surface area contributed by atoms with Crippen LogP contribution in [-0.4, -0.2) is 33.5 Å². The summed E-state index contributed by atoms with van der Waals surface area (Å²) >= 11 is 7.44. The Bertz CT molecular complexity index is 944. The lowest BCUT2D eigenvalue weighted by Gasteiger charge is -2.08. The second kappa shape index (κ2) is 9.61. The zero-order chi connectivity index (χ0) is 19.9. The van der Waals surface area contributed by atoms with E-state index in [2.05, 4.69) is 15.5 Å². The van der Waals surface area contributed by atoms with E-state index in [0.29, 0.717) is 23.3 Å². The molecule has 1 aromatic heterocycles. The molecule has 0 fully saturated rings. The summed E-state index contributed by atoms with van der Waals surface area (Å²) in [6.45, 7) is 3.19. The quantitative estimate of drug-likeness (QED) is 0.561. The van der Waals surface area contributed by atoms with E-state index in [9.17, 15) is 4.79 Å². The van der Waals surface area contributed by atoms with Crippen molar-refractivity contribution < 1.29 is 9.53 Å². The molecule has 3 aromatic rings. The molecule has 0 aliphatic carbocycles. The topological polar surface area (TPSA) is 69.0 Å². The Morgan fingerprint density at radius 2 is 2.00 bits per heavy atom. The van der Waals surface area contributed by atoms with Crippen molar-refractivity contribution in [1.29, 1.82) is 0 Å². The minimum absolute atomic E-state index is 0.0595. The SMILES string of the molecule is CCn1c(SCC(=O)NCc2ccc(OC)cc2)nnc1-c1cccc(Cl)c1. The first-order chi connectivity index (χ1) is 13.6. The number of thioether (sulfide) groups is 1. The molecule has 2 aromatic carbocycles. The molecule has 8 heteroatoms. The molecule has 28 heavy (non-hydrogen) atoms. The summed E-state index contributed by atoms with van der Waals surface area (Å²) in [5.41, 5.74) is 1.91. The number of rotatable bonds is 8. The van der Waals surface area contributed by atoms with Gasteiger partial charge >= 0.3 is 0 Å². The van der Waals surface area contributed by atoms with Gasteiger partial charge in [0.2, 0.25) is 5.91 Å². The third kappa shape index (κ3) is 5.05. The van der Waals surface area contributed by atoms with E-state index in [4.69, 9.17) is 16.3 Å².